The third kappa shape index (κ3) is 4.97. The van der Waals surface area contributed by atoms with Gasteiger partial charge < -0.3 is 9.80 Å². The van der Waals surface area contributed by atoms with Gasteiger partial charge >= 0.3 is 0 Å². The molecule has 1 aromatic carbocycles. The zero-order valence-electron chi connectivity index (χ0n) is 16.3. The Morgan fingerprint density at radius 2 is 1.93 bits per heavy atom. The summed E-state index contributed by atoms with van der Waals surface area (Å²) >= 11 is 6.36. The fraction of sp³-hybridized carbons (Fsp3) is 0.600. The summed E-state index contributed by atoms with van der Waals surface area (Å²) in [6.45, 7) is 5.49. The first-order chi connectivity index (χ1) is 13.0. The van der Waals surface area contributed by atoms with Crippen molar-refractivity contribution in [1.29, 1.82) is 5.26 Å². The molecule has 0 radical (unpaired) electrons. The molecule has 2 aliphatic heterocycles. The van der Waals surface area contributed by atoms with Crippen molar-refractivity contribution < 1.29 is 4.79 Å². The van der Waals surface area contributed by atoms with E-state index in [1.807, 2.05) is 18.2 Å². The van der Waals surface area contributed by atoms with E-state index in [2.05, 4.69) is 15.8 Å². The number of carbonyl (C=O) groups excluding carboxylic acids is 1. The summed E-state index contributed by atoms with van der Waals surface area (Å²) in [5.74, 6) is 3.09. The number of rotatable bonds is 4. The van der Waals surface area contributed by atoms with Gasteiger partial charge in [-0.3, -0.25) is 9.69 Å². The molecule has 0 aliphatic carbocycles. The van der Waals surface area contributed by atoms with E-state index in [1.54, 1.807) is 19.0 Å². The summed E-state index contributed by atoms with van der Waals surface area (Å²) in [5.41, 5.74) is 1.64. The third-order valence-corrected chi connectivity index (χ3v) is 6.19. The van der Waals surface area contributed by atoms with Crippen LogP contribution < -0.4 is 4.90 Å². The van der Waals surface area contributed by atoms with Crippen LogP contribution >= 0.6 is 11.6 Å². The maximum Gasteiger partial charge on any atom is 0.267 e. The van der Waals surface area contributed by atoms with E-state index in [1.165, 1.54) is 12.8 Å². The van der Waals surface area contributed by atoms with Gasteiger partial charge in [-0.25, -0.2) is 5.26 Å². The van der Waals surface area contributed by atoms with Gasteiger partial charge in [0.05, 0.1) is 10.6 Å². The topological polar surface area (TPSA) is 50.6 Å². The smallest absolute Gasteiger partial charge is 0.267 e. The van der Waals surface area contributed by atoms with E-state index < -0.39 is 0 Å². The Kier molecular flexibility index (Phi) is 6.67. The average molecular weight is 387 g/mol. The van der Waals surface area contributed by atoms with Gasteiger partial charge in [0.1, 0.15) is 0 Å². The summed E-state index contributed by atoms with van der Waals surface area (Å²) in [4.78, 5) is 18.6. The Morgan fingerprint density at radius 1 is 1.26 bits per heavy atom. The average Bonchev–Trinajstić information content (AvgIpc) is 2.68. The van der Waals surface area contributed by atoms with E-state index >= 15 is 0 Å². The van der Waals surface area contributed by atoms with Crippen LogP contribution in [-0.4, -0.2) is 69.2 Å². The Balaban J connectivity index is 1.51. The largest absolute Gasteiger partial charge is 0.369 e. The number of nitriles is 1. The maximum absolute atomic E-state index is 12.1. The number of anilines is 1. The second kappa shape index (κ2) is 8.99. The summed E-state index contributed by atoms with van der Waals surface area (Å²) in [6, 6.07) is 5.75. The summed E-state index contributed by atoms with van der Waals surface area (Å²) in [7, 11) is 3.47. The second-order valence-corrected chi connectivity index (χ2v) is 8.41. The molecule has 0 bridgehead atoms. The van der Waals surface area contributed by atoms with Crippen molar-refractivity contribution in [1.82, 2.24) is 9.80 Å². The molecule has 2 fully saturated rings. The molecule has 0 spiro atoms. The van der Waals surface area contributed by atoms with Gasteiger partial charge in [-0.15, -0.1) is 0 Å². The molecule has 27 heavy (non-hydrogen) atoms. The fourth-order valence-electron chi connectivity index (χ4n) is 4.14. The Hall–Kier alpha value is -1.71. The van der Waals surface area contributed by atoms with E-state index in [0.29, 0.717) is 10.6 Å². The molecule has 3 rings (SSSR count). The molecular formula is C20H28BClN4O. The standard InChI is InChI=1S/C20H28BClN4O/c1-24(2)20(27)18-4-3-17(13-19(18)22)26-11-9-25(10-12-26)14-16-5-7-21(15-23)8-6-16/h3-4,13,16H,5-12,14H2,1-2H3. The number of halogens is 1. The van der Waals surface area contributed by atoms with Crippen LogP contribution in [0.4, 0.5) is 5.69 Å². The third-order valence-electron chi connectivity index (χ3n) is 5.87. The van der Waals surface area contributed by atoms with E-state index in [0.717, 1.165) is 57.0 Å². The minimum Gasteiger partial charge on any atom is -0.369 e. The molecule has 0 N–H and O–H groups in total. The van der Waals surface area contributed by atoms with Gasteiger partial charge in [-0.1, -0.05) is 37.1 Å². The molecule has 1 aromatic rings. The van der Waals surface area contributed by atoms with Crippen LogP contribution in [0.5, 0.6) is 0 Å². The van der Waals surface area contributed by atoms with Crippen molar-refractivity contribution >= 4 is 29.9 Å². The first-order valence-corrected chi connectivity index (χ1v) is 10.2. The SMILES string of the molecule is CN(C)C(=O)c1ccc(N2CCN(CC3CCB(C#N)CC3)CC2)cc1Cl. The van der Waals surface area contributed by atoms with Crippen molar-refractivity contribution in [3.63, 3.8) is 0 Å². The van der Waals surface area contributed by atoms with Gasteiger partial charge in [0.25, 0.3) is 12.6 Å². The van der Waals surface area contributed by atoms with Crippen LogP contribution in [0.15, 0.2) is 18.2 Å². The Morgan fingerprint density at radius 3 is 2.48 bits per heavy atom. The van der Waals surface area contributed by atoms with Crippen molar-refractivity contribution in [3.05, 3.63) is 28.8 Å². The molecule has 0 atom stereocenters. The van der Waals surface area contributed by atoms with Gasteiger partial charge in [0, 0.05) is 58.5 Å². The predicted octanol–water partition coefficient (Wildman–Crippen LogP) is 3.13. The first kappa shape index (κ1) is 20.0. The van der Waals surface area contributed by atoms with E-state index in [-0.39, 0.29) is 12.6 Å². The van der Waals surface area contributed by atoms with Crippen LogP contribution in [0, 0.1) is 17.1 Å². The van der Waals surface area contributed by atoms with Crippen molar-refractivity contribution in [2.24, 2.45) is 5.92 Å². The normalized spacial score (nSPS) is 19.0. The second-order valence-electron chi connectivity index (χ2n) is 8.00. The van der Waals surface area contributed by atoms with Gasteiger partial charge in [0.15, 0.2) is 0 Å². The minimum atomic E-state index is -0.0671. The molecule has 5 nitrogen and oxygen atoms in total. The number of piperazine rings is 1. The fourth-order valence-corrected chi connectivity index (χ4v) is 4.40. The summed E-state index contributed by atoms with van der Waals surface area (Å²) in [5, 5.41) is 9.55. The van der Waals surface area contributed by atoms with Crippen molar-refractivity contribution in [2.45, 2.75) is 25.5 Å². The molecule has 7 heteroatoms. The number of carbonyl (C=O) groups is 1. The minimum absolute atomic E-state index is 0.0671. The number of amides is 1. The lowest BCUT2D eigenvalue weighted by atomic mass is 9.42. The highest BCUT2D eigenvalue weighted by atomic mass is 35.5. The molecule has 144 valence electrons. The van der Waals surface area contributed by atoms with E-state index in [9.17, 15) is 4.79 Å². The highest BCUT2D eigenvalue weighted by molar-refractivity contribution is 6.67. The molecule has 2 saturated heterocycles. The maximum atomic E-state index is 12.1. The quantitative estimate of drug-likeness (QED) is 0.746. The van der Waals surface area contributed by atoms with Crippen LogP contribution in [0.25, 0.3) is 0 Å². The van der Waals surface area contributed by atoms with Gasteiger partial charge in [-0.2, -0.15) is 0 Å². The molecule has 2 heterocycles. The number of benzene rings is 1. The molecule has 0 aromatic heterocycles. The lowest BCUT2D eigenvalue weighted by molar-refractivity contribution is 0.0828. The van der Waals surface area contributed by atoms with Crippen molar-refractivity contribution in [3.8, 4) is 5.97 Å². The summed E-state index contributed by atoms with van der Waals surface area (Å²) < 4.78 is 0. The highest BCUT2D eigenvalue weighted by Gasteiger charge is 2.27. The Bertz CT molecular complexity index is 704. The molecule has 2 aliphatic rings. The molecular weight excluding hydrogens is 359 g/mol. The molecule has 1 amide bonds. The zero-order chi connectivity index (χ0) is 19.4. The highest BCUT2D eigenvalue weighted by Crippen LogP contribution is 2.28. The predicted molar refractivity (Wildman–Crippen MR) is 112 cm³/mol. The van der Waals surface area contributed by atoms with Crippen LogP contribution in [0.3, 0.4) is 0 Å². The van der Waals surface area contributed by atoms with Crippen LogP contribution in [-0.2, 0) is 0 Å². The molecule has 0 unspecified atom stereocenters. The van der Waals surface area contributed by atoms with E-state index in [4.69, 9.17) is 16.9 Å². The molecule has 0 saturated carbocycles. The van der Waals surface area contributed by atoms with Crippen LogP contribution in [0.1, 0.15) is 23.2 Å². The zero-order valence-corrected chi connectivity index (χ0v) is 17.1. The number of hydrogen-bond donors (Lipinski definition) is 0. The van der Waals surface area contributed by atoms with Gasteiger partial charge in [0.2, 0.25) is 0 Å². The summed E-state index contributed by atoms with van der Waals surface area (Å²) in [6.07, 6.45) is 4.51. The number of hydrogen-bond acceptors (Lipinski definition) is 4. The first-order valence-electron chi connectivity index (χ1n) is 9.86. The van der Waals surface area contributed by atoms with Crippen molar-refractivity contribution in [2.75, 3.05) is 51.7 Å². The monoisotopic (exact) mass is 386 g/mol. The number of nitrogens with zero attached hydrogens (tertiary/aromatic N) is 4. The van der Waals surface area contributed by atoms with Gasteiger partial charge in [-0.05, 0) is 24.1 Å². The lowest BCUT2D eigenvalue weighted by Crippen LogP contribution is -2.48. The lowest BCUT2D eigenvalue weighted by Gasteiger charge is -2.38. The van der Waals surface area contributed by atoms with Crippen LogP contribution in [0.2, 0.25) is 17.7 Å². The Labute approximate surface area is 167 Å².